The zero-order valence-electron chi connectivity index (χ0n) is 16.7. The van der Waals surface area contributed by atoms with Gasteiger partial charge >= 0.3 is 5.97 Å². The van der Waals surface area contributed by atoms with E-state index in [0.29, 0.717) is 16.3 Å². The van der Waals surface area contributed by atoms with E-state index in [-0.39, 0.29) is 23.1 Å². The third-order valence-corrected chi connectivity index (χ3v) is 4.92. The molecule has 150 valence electrons. The highest BCUT2D eigenvalue weighted by Gasteiger charge is 2.20. The summed E-state index contributed by atoms with van der Waals surface area (Å²) in [5, 5.41) is 6.96. The minimum absolute atomic E-state index is 0.0187. The topological polar surface area (TPSA) is 78.3 Å². The van der Waals surface area contributed by atoms with Gasteiger partial charge in [-0.15, -0.1) is 0 Å². The highest BCUT2D eigenvalue weighted by molar-refractivity contribution is 6.05. The molecule has 4 rings (SSSR count). The molecule has 0 fully saturated rings. The number of aromatic nitrogens is 2. The van der Waals surface area contributed by atoms with Gasteiger partial charge < -0.3 is 4.74 Å². The van der Waals surface area contributed by atoms with Gasteiger partial charge in [0, 0.05) is 10.9 Å². The van der Waals surface area contributed by atoms with Crippen LogP contribution in [-0.4, -0.2) is 28.1 Å². The van der Waals surface area contributed by atoms with Crippen molar-refractivity contribution in [1.29, 1.82) is 0 Å². The largest absolute Gasteiger partial charge is 0.452 e. The number of ketones is 1. The Kier molecular flexibility index (Phi) is 5.14. The van der Waals surface area contributed by atoms with Gasteiger partial charge in [-0.1, -0.05) is 54.6 Å². The van der Waals surface area contributed by atoms with E-state index in [1.54, 1.807) is 36.4 Å². The lowest BCUT2D eigenvalue weighted by Crippen LogP contribution is -2.28. The van der Waals surface area contributed by atoms with Gasteiger partial charge in [-0.25, -0.2) is 9.48 Å². The van der Waals surface area contributed by atoms with E-state index in [1.165, 1.54) is 4.68 Å². The van der Waals surface area contributed by atoms with E-state index in [1.807, 2.05) is 44.2 Å². The highest BCUT2D eigenvalue weighted by Crippen LogP contribution is 2.18. The van der Waals surface area contributed by atoms with Crippen molar-refractivity contribution in [2.24, 2.45) is 0 Å². The summed E-state index contributed by atoms with van der Waals surface area (Å²) in [5.74, 6) is -1.05. The Morgan fingerprint density at radius 3 is 2.33 bits per heavy atom. The molecular weight excluding hydrogens is 380 g/mol. The normalized spacial score (nSPS) is 11.2. The Morgan fingerprint density at radius 2 is 1.60 bits per heavy atom. The van der Waals surface area contributed by atoms with Gasteiger partial charge in [0.15, 0.2) is 18.1 Å². The number of carbonyl (C=O) groups is 2. The third kappa shape index (κ3) is 3.59. The first-order valence-corrected chi connectivity index (χ1v) is 9.66. The summed E-state index contributed by atoms with van der Waals surface area (Å²) in [6, 6.07) is 19.6. The lowest BCUT2D eigenvalue weighted by atomic mass is 10.0. The third-order valence-electron chi connectivity index (χ3n) is 4.92. The maximum atomic E-state index is 12.7. The molecule has 0 saturated heterocycles. The number of hydrogen-bond donors (Lipinski definition) is 0. The molecule has 6 heteroatoms. The number of esters is 1. The minimum atomic E-state index is -0.741. The van der Waals surface area contributed by atoms with E-state index < -0.39 is 12.6 Å². The Hall–Kier alpha value is -3.80. The van der Waals surface area contributed by atoms with Gasteiger partial charge in [-0.05, 0) is 36.8 Å². The standard InChI is InChI=1S/C24H20N2O4/c1-15(2)26-23(28)20-10-6-5-9-19(20)22(25-26)24(29)30-14-21(27)18-12-11-16-7-3-4-8-17(16)13-18/h3-13,15H,14H2,1-2H3. The average Bonchev–Trinajstić information content (AvgIpc) is 2.77. The second kappa shape index (κ2) is 7.91. The van der Waals surface area contributed by atoms with Gasteiger partial charge in [0.05, 0.1) is 11.4 Å². The predicted molar refractivity (Wildman–Crippen MR) is 115 cm³/mol. The van der Waals surface area contributed by atoms with Crippen LogP contribution in [0.1, 0.15) is 40.7 Å². The minimum Gasteiger partial charge on any atom is -0.452 e. The molecule has 1 heterocycles. The summed E-state index contributed by atoms with van der Waals surface area (Å²) >= 11 is 0. The molecule has 0 amide bonds. The van der Waals surface area contributed by atoms with Crippen molar-refractivity contribution in [1.82, 2.24) is 9.78 Å². The molecule has 6 nitrogen and oxygen atoms in total. The molecular formula is C24H20N2O4. The number of rotatable bonds is 5. The average molecular weight is 400 g/mol. The van der Waals surface area contributed by atoms with Crippen molar-refractivity contribution in [3.63, 3.8) is 0 Å². The van der Waals surface area contributed by atoms with Crippen LogP contribution in [0.15, 0.2) is 71.5 Å². The van der Waals surface area contributed by atoms with Gasteiger partial charge in [0.1, 0.15) is 0 Å². The maximum absolute atomic E-state index is 12.7. The number of fused-ring (bicyclic) bond motifs is 2. The summed E-state index contributed by atoms with van der Waals surface area (Å²) in [5.41, 5.74) is 0.209. The number of nitrogens with zero attached hydrogens (tertiary/aromatic N) is 2. The molecule has 0 bridgehead atoms. The summed E-state index contributed by atoms with van der Waals surface area (Å²) in [6.45, 7) is 3.21. The Balaban J connectivity index is 1.60. The molecule has 0 atom stereocenters. The van der Waals surface area contributed by atoms with Crippen LogP contribution in [0.5, 0.6) is 0 Å². The first kappa shape index (κ1) is 19.5. The molecule has 0 saturated carbocycles. The Morgan fingerprint density at radius 1 is 0.933 bits per heavy atom. The molecule has 0 radical (unpaired) electrons. The van der Waals surface area contributed by atoms with Gasteiger partial charge in [-0.3, -0.25) is 9.59 Å². The second-order valence-corrected chi connectivity index (χ2v) is 7.30. The van der Waals surface area contributed by atoms with Gasteiger partial charge in [0.2, 0.25) is 0 Å². The van der Waals surface area contributed by atoms with E-state index in [9.17, 15) is 14.4 Å². The molecule has 0 N–H and O–H groups in total. The van der Waals surface area contributed by atoms with E-state index in [0.717, 1.165) is 10.8 Å². The number of ether oxygens (including phenoxy) is 1. The molecule has 0 spiro atoms. The number of Topliss-reactive ketones (excluding diaryl/α,β-unsaturated/α-hetero) is 1. The first-order valence-electron chi connectivity index (χ1n) is 9.66. The van der Waals surface area contributed by atoms with Crippen molar-refractivity contribution in [2.45, 2.75) is 19.9 Å². The van der Waals surface area contributed by atoms with E-state index in [4.69, 9.17) is 4.74 Å². The molecule has 4 aromatic rings. The fourth-order valence-corrected chi connectivity index (χ4v) is 3.35. The lowest BCUT2D eigenvalue weighted by molar-refractivity contribution is 0.0468. The Labute approximate surface area is 172 Å². The van der Waals surface area contributed by atoms with Gasteiger partial charge in [-0.2, -0.15) is 5.10 Å². The van der Waals surface area contributed by atoms with Crippen LogP contribution in [-0.2, 0) is 4.74 Å². The molecule has 0 aliphatic carbocycles. The molecule has 0 aliphatic rings. The van der Waals surface area contributed by atoms with Crippen molar-refractivity contribution < 1.29 is 14.3 Å². The van der Waals surface area contributed by atoms with Crippen LogP contribution in [0.2, 0.25) is 0 Å². The number of carbonyl (C=O) groups excluding carboxylic acids is 2. The predicted octanol–water partition coefficient (Wildman–Crippen LogP) is 4.17. The monoisotopic (exact) mass is 400 g/mol. The van der Waals surface area contributed by atoms with Crippen molar-refractivity contribution in [2.75, 3.05) is 6.61 Å². The van der Waals surface area contributed by atoms with Crippen LogP contribution in [0.25, 0.3) is 21.5 Å². The summed E-state index contributed by atoms with van der Waals surface area (Å²) < 4.78 is 6.53. The maximum Gasteiger partial charge on any atom is 0.359 e. The molecule has 30 heavy (non-hydrogen) atoms. The van der Waals surface area contributed by atoms with E-state index >= 15 is 0 Å². The zero-order valence-corrected chi connectivity index (χ0v) is 16.7. The first-order chi connectivity index (χ1) is 14.5. The highest BCUT2D eigenvalue weighted by atomic mass is 16.5. The van der Waals surface area contributed by atoms with Crippen LogP contribution >= 0.6 is 0 Å². The second-order valence-electron chi connectivity index (χ2n) is 7.30. The van der Waals surface area contributed by atoms with Crippen molar-refractivity contribution in [3.8, 4) is 0 Å². The summed E-state index contributed by atoms with van der Waals surface area (Å²) in [7, 11) is 0. The van der Waals surface area contributed by atoms with E-state index in [2.05, 4.69) is 5.10 Å². The summed E-state index contributed by atoms with van der Waals surface area (Å²) in [6.07, 6.45) is 0. The fraction of sp³-hybridized carbons (Fsp3) is 0.167. The molecule has 1 aromatic heterocycles. The zero-order chi connectivity index (χ0) is 21.3. The molecule has 3 aromatic carbocycles. The van der Waals surface area contributed by atoms with Crippen molar-refractivity contribution >= 4 is 33.3 Å². The van der Waals surface area contributed by atoms with Gasteiger partial charge in [0.25, 0.3) is 5.56 Å². The summed E-state index contributed by atoms with van der Waals surface area (Å²) in [4.78, 5) is 37.9. The number of hydrogen-bond acceptors (Lipinski definition) is 5. The van der Waals surface area contributed by atoms with Crippen molar-refractivity contribution in [3.05, 3.63) is 88.3 Å². The van der Waals surface area contributed by atoms with Crippen LogP contribution in [0.3, 0.4) is 0 Å². The number of benzene rings is 3. The van der Waals surface area contributed by atoms with Crippen LogP contribution in [0.4, 0.5) is 0 Å². The lowest BCUT2D eigenvalue weighted by Gasteiger charge is -2.13. The molecule has 0 aliphatic heterocycles. The van der Waals surface area contributed by atoms with Crippen LogP contribution in [0, 0.1) is 0 Å². The smallest absolute Gasteiger partial charge is 0.359 e. The fourth-order valence-electron chi connectivity index (χ4n) is 3.35. The quantitative estimate of drug-likeness (QED) is 0.371. The van der Waals surface area contributed by atoms with Crippen LogP contribution < -0.4 is 5.56 Å². The molecule has 0 unspecified atom stereocenters. The Bertz CT molecular complexity index is 1340. The SMILES string of the molecule is CC(C)n1nc(C(=O)OCC(=O)c2ccc3ccccc3c2)c2ccccc2c1=O.